The fraction of sp³-hybridized carbons (Fsp3) is 0.300. The van der Waals surface area contributed by atoms with E-state index in [1.807, 2.05) is 0 Å². The highest BCUT2D eigenvalue weighted by atomic mass is 32.2. The van der Waals surface area contributed by atoms with Crippen molar-refractivity contribution in [1.29, 1.82) is 0 Å². The Morgan fingerprint density at radius 2 is 2.00 bits per heavy atom. The molecule has 0 heterocycles. The number of halogens is 1. The summed E-state index contributed by atoms with van der Waals surface area (Å²) >= 11 is 0. The van der Waals surface area contributed by atoms with Crippen molar-refractivity contribution in [3.8, 4) is 0 Å². The van der Waals surface area contributed by atoms with E-state index in [1.54, 1.807) is 6.92 Å². The fourth-order valence-corrected chi connectivity index (χ4v) is 2.63. The van der Waals surface area contributed by atoms with E-state index in [4.69, 9.17) is 5.73 Å². The van der Waals surface area contributed by atoms with E-state index in [1.165, 1.54) is 18.2 Å². The van der Waals surface area contributed by atoms with Gasteiger partial charge in [-0.3, -0.25) is 4.79 Å². The zero-order valence-electron chi connectivity index (χ0n) is 9.26. The third-order valence-electron chi connectivity index (χ3n) is 2.09. The van der Waals surface area contributed by atoms with Crippen LogP contribution in [0, 0.1) is 0 Å². The van der Waals surface area contributed by atoms with Crippen LogP contribution in [-0.2, 0) is 10.0 Å². The molecule has 0 aliphatic heterocycles. The number of rotatable bonds is 5. The Labute approximate surface area is 99.0 Å². The fourth-order valence-electron chi connectivity index (χ4n) is 1.30. The highest BCUT2D eigenvalue weighted by molar-refractivity contribution is 7.89. The van der Waals surface area contributed by atoms with Crippen molar-refractivity contribution in [2.45, 2.75) is 18.2 Å². The maximum atomic E-state index is 13.4. The van der Waals surface area contributed by atoms with Crippen LogP contribution < -0.4 is 5.73 Å². The molecule has 0 saturated carbocycles. The first-order chi connectivity index (χ1) is 7.91. The zero-order valence-corrected chi connectivity index (χ0v) is 10.1. The Morgan fingerprint density at radius 1 is 1.41 bits per heavy atom. The van der Waals surface area contributed by atoms with Crippen molar-refractivity contribution in [3.63, 3.8) is 0 Å². The van der Waals surface area contributed by atoms with Crippen LogP contribution in [0.2, 0.25) is 0 Å². The molecule has 0 bridgehead atoms. The topological polar surface area (TPSA) is 80.5 Å². The Hall–Kier alpha value is -1.47. The van der Waals surface area contributed by atoms with E-state index >= 15 is 0 Å². The van der Waals surface area contributed by atoms with Crippen molar-refractivity contribution in [2.75, 3.05) is 6.54 Å². The molecule has 5 nitrogen and oxygen atoms in total. The van der Waals surface area contributed by atoms with Gasteiger partial charge in [0.2, 0.25) is 5.91 Å². The quantitative estimate of drug-likeness (QED) is 0.804. The lowest BCUT2D eigenvalue weighted by molar-refractivity contribution is 0.0996. The van der Waals surface area contributed by atoms with Gasteiger partial charge in [0.25, 0.3) is 10.0 Å². The van der Waals surface area contributed by atoms with Crippen LogP contribution in [0.15, 0.2) is 29.2 Å². The van der Waals surface area contributed by atoms with Crippen LogP contribution >= 0.6 is 0 Å². The van der Waals surface area contributed by atoms with Crippen molar-refractivity contribution < 1.29 is 17.7 Å². The number of primary amides is 1. The number of hydrogen-bond donors (Lipinski definition) is 1. The minimum atomic E-state index is -4.31. The summed E-state index contributed by atoms with van der Waals surface area (Å²) in [6, 6.07) is 5.26. The van der Waals surface area contributed by atoms with Crippen LogP contribution in [0.4, 0.5) is 4.48 Å². The van der Waals surface area contributed by atoms with Crippen LogP contribution in [-0.4, -0.2) is 25.4 Å². The predicted molar refractivity (Wildman–Crippen MR) is 60.3 cm³/mol. The SMILES string of the molecule is CCCN(F)S(=O)(=O)c1ccccc1C(N)=O. The van der Waals surface area contributed by atoms with Gasteiger partial charge >= 0.3 is 0 Å². The van der Waals surface area contributed by atoms with E-state index in [-0.39, 0.29) is 16.6 Å². The Kier molecular flexibility index (Phi) is 4.19. The number of carbonyl (C=O) groups is 1. The van der Waals surface area contributed by atoms with Gasteiger partial charge in [0.1, 0.15) is 0 Å². The summed E-state index contributed by atoms with van der Waals surface area (Å²) in [7, 11) is -4.31. The van der Waals surface area contributed by atoms with Gasteiger partial charge in [-0.25, -0.2) is 8.42 Å². The van der Waals surface area contributed by atoms with Crippen molar-refractivity contribution >= 4 is 15.9 Å². The van der Waals surface area contributed by atoms with E-state index in [0.29, 0.717) is 6.42 Å². The summed E-state index contributed by atoms with van der Waals surface area (Å²) in [5.41, 5.74) is 4.82. The van der Waals surface area contributed by atoms with Gasteiger partial charge in [-0.1, -0.05) is 19.1 Å². The molecule has 7 heteroatoms. The second-order valence-corrected chi connectivity index (χ2v) is 5.16. The third kappa shape index (κ3) is 2.80. The molecular formula is C10H13FN2O3S. The van der Waals surface area contributed by atoms with Crippen LogP contribution in [0.25, 0.3) is 0 Å². The molecule has 0 fully saturated rings. The molecule has 0 aromatic heterocycles. The van der Waals surface area contributed by atoms with Crippen LogP contribution in [0.1, 0.15) is 23.7 Å². The molecule has 0 saturated heterocycles. The molecule has 1 rings (SSSR count). The van der Waals surface area contributed by atoms with Gasteiger partial charge in [0.15, 0.2) is 0 Å². The van der Waals surface area contributed by atoms with Gasteiger partial charge in [0.05, 0.1) is 10.5 Å². The minimum absolute atomic E-state index is 0.216. The maximum absolute atomic E-state index is 13.4. The van der Waals surface area contributed by atoms with Crippen molar-refractivity contribution in [1.82, 2.24) is 4.53 Å². The standard InChI is InChI=1S/C10H13FN2O3S/c1-2-7-13(11)17(15,16)9-6-4-3-5-8(9)10(12)14/h3-6H,2,7H2,1H3,(H2,12,14). The summed E-state index contributed by atoms with van der Waals surface area (Å²) in [6.07, 6.45) is 0.328. The number of hydrogen-bond acceptors (Lipinski definition) is 3. The molecule has 94 valence electrons. The van der Waals surface area contributed by atoms with E-state index in [2.05, 4.69) is 0 Å². The number of nitrogens with zero attached hydrogens (tertiary/aromatic N) is 1. The van der Waals surface area contributed by atoms with Crippen LogP contribution in [0.5, 0.6) is 0 Å². The number of nitrogens with two attached hydrogens (primary N) is 1. The average molecular weight is 260 g/mol. The lowest BCUT2D eigenvalue weighted by atomic mass is 10.2. The zero-order chi connectivity index (χ0) is 13.1. The molecule has 1 amide bonds. The first-order valence-electron chi connectivity index (χ1n) is 4.98. The van der Waals surface area contributed by atoms with Gasteiger partial charge < -0.3 is 5.73 Å². The minimum Gasteiger partial charge on any atom is -0.366 e. The summed E-state index contributed by atoms with van der Waals surface area (Å²) in [5.74, 6) is -0.908. The Morgan fingerprint density at radius 3 is 2.53 bits per heavy atom. The molecule has 2 N–H and O–H groups in total. The van der Waals surface area contributed by atoms with E-state index in [9.17, 15) is 17.7 Å². The Balaban J connectivity index is 3.29. The van der Waals surface area contributed by atoms with E-state index < -0.39 is 20.8 Å². The van der Waals surface area contributed by atoms with Crippen molar-refractivity contribution in [2.24, 2.45) is 5.73 Å². The Bertz CT molecular complexity index is 516. The molecule has 1 aromatic carbocycles. The molecule has 17 heavy (non-hydrogen) atoms. The van der Waals surface area contributed by atoms with Gasteiger partial charge in [0, 0.05) is 6.54 Å². The third-order valence-corrected chi connectivity index (χ3v) is 3.71. The molecule has 0 radical (unpaired) electrons. The van der Waals surface area contributed by atoms with Gasteiger partial charge in [-0.05, 0) is 23.1 Å². The second-order valence-electron chi connectivity index (χ2n) is 3.38. The summed E-state index contributed by atoms with van der Waals surface area (Å²) < 4.78 is 36.7. The van der Waals surface area contributed by atoms with Gasteiger partial charge in [-0.2, -0.15) is 0 Å². The summed E-state index contributed by atoms with van der Waals surface area (Å²) in [6.45, 7) is 1.37. The summed E-state index contributed by atoms with van der Waals surface area (Å²) in [5, 5.41) is 0. The second kappa shape index (κ2) is 5.24. The number of sulfonamides is 1. The molecule has 0 spiro atoms. The predicted octanol–water partition coefficient (Wildman–Crippen LogP) is 1.07. The monoisotopic (exact) mass is 260 g/mol. The molecular weight excluding hydrogens is 247 g/mol. The number of amides is 1. The normalized spacial score (nSPS) is 11.7. The molecule has 0 unspecified atom stereocenters. The van der Waals surface area contributed by atoms with E-state index in [0.717, 1.165) is 6.07 Å². The average Bonchev–Trinajstić information content (AvgIpc) is 2.29. The molecule has 0 aliphatic rings. The largest absolute Gasteiger partial charge is 0.366 e. The van der Waals surface area contributed by atoms with Crippen molar-refractivity contribution in [3.05, 3.63) is 29.8 Å². The maximum Gasteiger partial charge on any atom is 0.269 e. The molecule has 1 aromatic rings. The first kappa shape index (κ1) is 13.6. The highest BCUT2D eigenvalue weighted by Crippen LogP contribution is 2.20. The first-order valence-corrected chi connectivity index (χ1v) is 6.42. The highest BCUT2D eigenvalue weighted by Gasteiger charge is 2.27. The number of carbonyl (C=O) groups excluding carboxylic acids is 1. The molecule has 0 atom stereocenters. The lowest BCUT2D eigenvalue weighted by Gasteiger charge is -2.13. The smallest absolute Gasteiger partial charge is 0.269 e. The number of benzene rings is 1. The summed E-state index contributed by atoms with van der Waals surface area (Å²) in [4.78, 5) is 10.7. The van der Waals surface area contributed by atoms with Gasteiger partial charge in [-0.15, -0.1) is 4.48 Å². The van der Waals surface area contributed by atoms with Crippen LogP contribution in [0.3, 0.4) is 0 Å². The lowest BCUT2D eigenvalue weighted by Crippen LogP contribution is -2.26. The molecule has 0 aliphatic carbocycles.